The third kappa shape index (κ3) is 2.47. The molecule has 0 spiro atoms. The number of nitrogens with one attached hydrogen (secondary N) is 1. The average Bonchev–Trinajstić information content (AvgIpc) is 2.42. The van der Waals surface area contributed by atoms with E-state index in [1.807, 2.05) is 25.3 Å². The molecule has 0 aliphatic carbocycles. The summed E-state index contributed by atoms with van der Waals surface area (Å²) in [4.78, 5) is 8.22. The molecular weight excluding hydrogens is 228 g/mol. The van der Waals surface area contributed by atoms with Gasteiger partial charge < -0.3 is 4.74 Å². The largest absolute Gasteiger partial charge is 0.495 e. The van der Waals surface area contributed by atoms with E-state index in [9.17, 15) is 0 Å². The summed E-state index contributed by atoms with van der Waals surface area (Å²) in [5, 5.41) is 0. The van der Waals surface area contributed by atoms with Crippen molar-refractivity contribution in [2.45, 2.75) is 13.0 Å². The van der Waals surface area contributed by atoms with Crippen molar-refractivity contribution in [3.8, 4) is 5.75 Å². The molecule has 0 aliphatic heterocycles. The van der Waals surface area contributed by atoms with Crippen molar-refractivity contribution in [1.82, 2.24) is 15.4 Å². The van der Waals surface area contributed by atoms with Crippen LogP contribution in [0.2, 0.25) is 0 Å². The number of rotatable bonds is 4. The van der Waals surface area contributed by atoms with Gasteiger partial charge >= 0.3 is 0 Å². The molecule has 3 N–H and O–H groups in total. The van der Waals surface area contributed by atoms with E-state index in [0.29, 0.717) is 5.75 Å². The van der Waals surface area contributed by atoms with Crippen molar-refractivity contribution in [3.05, 3.63) is 53.6 Å². The van der Waals surface area contributed by atoms with Gasteiger partial charge in [0.2, 0.25) is 0 Å². The van der Waals surface area contributed by atoms with E-state index >= 15 is 0 Å². The van der Waals surface area contributed by atoms with Crippen LogP contribution in [-0.4, -0.2) is 17.1 Å². The summed E-state index contributed by atoms with van der Waals surface area (Å²) in [5.41, 5.74) is 5.90. The number of pyridine rings is 2. The number of hydrazine groups is 1. The number of aryl methyl sites for hydroxylation is 1. The average molecular weight is 244 g/mol. The first-order valence-electron chi connectivity index (χ1n) is 5.62. The summed E-state index contributed by atoms with van der Waals surface area (Å²) in [6.45, 7) is 2.00. The zero-order chi connectivity index (χ0) is 13.0. The number of hydrogen-bond acceptors (Lipinski definition) is 5. The highest BCUT2D eigenvalue weighted by Gasteiger charge is 2.15. The fourth-order valence-corrected chi connectivity index (χ4v) is 1.88. The molecule has 2 rings (SSSR count). The fourth-order valence-electron chi connectivity index (χ4n) is 1.88. The van der Waals surface area contributed by atoms with Crippen LogP contribution in [0.4, 0.5) is 0 Å². The molecule has 5 heteroatoms. The van der Waals surface area contributed by atoms with E-state index in [1.54, 1.807) is 25.7 Å². The first-order chi connectivity index (χ1) is 8.76. The maximum Gasteiger partial charge on any atom is 0.137 e. The predicted octanol–water partition coefficient (Wildman–Crippen LogP) is 1.35. The van der Waals surface area contributed by atoms with Gasteiger partial charge in [-0.3, -0.25) is 15.8 Å². The van der Waals surface area contributed by atoms with Crippen molar-refractivity contribution in [1.29, 1.82) is 0 Å². The van der Waals surface area contributed by atoms with Crippen LogP contribution < -0.4 is 16.0 Å². The summed E-state index contributed by atoms with van der Waals surface area (Å²) < 4.78 is 5.17. The topological polar surface area (TPSA) is 73.1 Å². The highest BCUT2D eigenvalue weighted by atomic mass is 16.5. The lowest BCUT2D eigenvalue weighted by molar-refractivity contribution is 0.411. The molecule has 1 unspecified atom stereocenters. The first-order valence-corrected chi connectivity index (χ1v) is 5.62. The molecule has 18 heavy (non-hydrogen) atoms. The van der Waals surface area contributed by atoms with E-state index in [1.165, 1.54) is 0 Å². The van der Waals surface area contributed by atoms with Crippen molar-refractivity contribution in [3.63, 3.8) is 0 Å². The molecule has 2 aromatic rings. The third-order valence-electron chi connectivity index (χ3n) is 2.84. The molecule has 94 valence electrons. The van der Waals surface area contributed by atoms with Crippen LogP contribution in [0.15, 0.2) is 36.9 Å². The summed E-state index contributed by atoms with van der Waals surface area (Å²) >= 11 is 0. The Bertz CT molecular complexity index is 530. The SMILES string of the molecule is COc1cncc(C(NN)c2ccncc2C)c1. The highest BCUT2D eigenvalue weighted by Crippen LogP contribution is 2.25. The van der Waals surface area contributed by atoms with E-state index in [-0.39, 0.29) is 6.04 Å². The normalized spacial score (nSPS) is 12.2. The second-order valence-electron chi connectivity index (χ2n) is 3.99. The van der Waals surface area contributed by atoms with Crippen LogP contribution in [0.25, 0.3) is 0 Å². The van der Waals surface area contributed by atoms with Gasteiger partial charge in [-0.2, -0.15) is 0 Å². The maximum atomic E-state index is 5.66. The zero-order valence-electron chi connectivity index (χ0n) is 10.4. The van der Waals surface area contributed by atoms with E-state index in [0.717, 1.165) is 16.7 Å². The number of nitrogens with zero attached hydrogens (tertiary/aromatic N) is 2. The van der Waals surface area contributed by atoms with E-state index in [4.69, 9.17) is 10.6 Å². The molecule has 0 aliphatic rings. The highest BCUT2D eigenvalue weighted by molar-refractivity contribution is 5.36. The summed E-state index contributed by atoms with van der Waals surface area (Å²) in [6.07, 6.45) is 7.00. The lowest BCUT2D eigenvalue weighted by atomic mass is 9.98. The van der Waals surface area contributed by atoms with Gasteiger partial charge in [-0.15, -0.1) is 0 Å². The van der Waals surface area contributed by atoms with Gasteiger partial charge in [0.15, 0.2) is 0 Å². The Morgan fingerprint density at radius 1 is 1.28 bits per heavy atom. The van der Waals surface area contributed by atoms with Crippen LogP contribution >= 0.6 is 0 Å². The quantitative estimate of drug-likeness (QED) is 0.627. The zero-order valence-corrected chi connectivity index (χ0v) is 10.4. The van der Waals surface area contributed by atoms with Crippen molar-refractivity contribution >= 4 is 0 Å². The predicted molar refractivity (Wildman–Crippen MR) is 68.9 cm³/mol. The molecule has 5 nitrogen and oxygen atoms in total. The van der Waals surface area contributed by atoms with Gasteiger partial charge in [-0.25, -0.2) is 5.43 Å². The summed E-state index contributed by atoms with van der Waals surface area (Å²) in [6, 6.07) is 3.73. The van der Waals surface area contributed by atoms with Crippen molar-refractivity contribution in [2.75, 3.05) is 7.11 Å². The van der Waals surface area contributed by atoms with Gasteiger partial charge in [-0.1, -0.05) is 0 Å². The standard InChI is InChI=1S/C13H16N4O/c1-9-6-15-4-3-12(9)13(17-14)10-5-11(18-2)8-16-7-10/h3-8,13,17H,14H2,1-2H3. The van der Waals surface area contributed by atoms with E-state index in [2.05, 4.69) is 15.4 Å². The lowest BCUT2D eigenvalue weighted by Gasteiger charge is -2.18. The van der Waals surface area contributed by atoms with E-state index < -0.39 is 0 Å². The van der Waals surface area contributed by atoms with Gasteiger partial charge in [-0.05, 0) is 35.7 Å². The van der Waals surface area contributed by atoms with Gasteiger partial charge in [0, 0.05) is 18.6 Å². The van der Waals surface area contributed by atoms with Gasteiger partial charge in [0.25, 0.3) is 0 Å². The molecule has 0 amide bonds. The Kier molecular flexibility index (Phi) is 3.86. The molecule has 1 atom stereocenters. The fraction of sp³-hybridized carbons (Fsp3) is 0.231. The van der Waals surface area contributed by atoms with Crippen LogP contribution in [0.1, 0.15) is 22.7 Å². The molecule has 2 heterocycles. The minimum absolute atomic E-state index is 0.129. The Labute approximate surface area is 106 Å². The summed E-state index contributed by atoms with van der Waals surface area (Å²) in [7, 11) is 1.61. The number of nitrogens with two attached hydrogens (primary N) is 1. The Hall–Kier alpha value is -1.98. The first kappa shape index (κ1) is 12.5. The second-order valence-corrected chi connectivity index (χ2v) is 3.99. The van der Waals surface area contributed by atoms with Crippen molar-refractivity contribution < 1.29 is 4.74 Å². The Balaban J connectivity index is 2.42. The number of methoxy groups -OCH3 is 1. The van der Waals surface area contributed by atoms with Crippen LogP contribution in [0.3, 0.4) is 0 Å². The molecule has 0 radical (unpaired) electrons. The second kappa shape index (κ2) is 5.57. The van der Waals surface area contributed by atoms with Crippen LogP contribution in [-0.2, 0) is 0 Å². The molecule has 2 aromatic heterocycles. The Morgan fingerprint density at radius 2 is 2.11 bits per heavy atom. The maximum absolute atomic E-state index is 5.66. The van der Waals surface area contributed by atoms with Gasteiger partial charge in [0.1, 0.15) is 5.75 Å². The molecule has 0 aromatic carbocycles. The van der Waals surface area contributed by atoms with Crippen LogP contribution in [0.5, 0.6) is 5.75 Å². The number of ether oxygens (including phenoxy) is 1. The van der Waals surface area contributed by atoms with Crippen LogP contribution in [0, 0.1) is 6.92 Å². The Morgan fingerprint density at radius 3 is 2.78 bits per heavy atom. The molecule has 0 saturated heterocycles. The number of aromatic nitrogens is 2. The lowest BCUT2D eigenvalue weighted by Crippen LogP contribution is -2.29. The molecule has 0 fully saturated rings. The smallest absolute Gasteiger partial charge is 0.137 e. The summed E-state index contributed by atoms with van der Waals surface area (Å²) in [5.74, 6) is 6.37. The number of hydrogen-bond donors (Lipinski definition) is 2. The minimum Gasteiger partial charge on any atom is -0.495 e. The molecular formula is C13H16N4O. The third-order valence-corrected chi connectivity index (χ3v) is 2.84. The minimum atomic E-state index is -0.129. The monoisotopic (exact) mass is 244 g/mol. The molecule has 0 saturated carbocycles. The van der Waals surface area contributed by atoms with Crippen molar-refractivity contribution in [2.24, 2.45) is 5.84 Å². The van der Waals surface area contributed by atoms with Gasteiger partial charge in [0.05, 0.1) is 19.3 Å². The molecule has 0 bridgehead atoms.